The molecule has 1 aromatic heterocycles. The molecule has 1 rings (SSSR count). The minimum absolute atomic E-state index is 0.0366. The van der Waals surface area contributed by atoms with Crippen LogP contribution in [0.2, 0.25) is 0 Å². The van der Waals surface area contributed by atoms with Gasteiger partial charge in [0.25, 0.3) is 5.56 Å². The normalized spacial score (nSPS) is 10.9. The number of aromatic amines is 1. The quantitative estimate of drug-likeness (QED) is 0.370. The molecule has 5 nitrogen and oxygen atoms in total. The lowest BCUT2D eigenvalue weighted by molar-refractivity contribution is 0.319. The zero-order valence-corrected chi connectivity index (χ0v) is 6.90. The minimum atomic E-state index is -0.483. The summed E-state index contributed by atoms with van der Waals surface area (Å²) in [6, 6.07) is 4.62. The fourth-order valence-electron chi connectivity index (χ4n) is 0.827. The first kappa shape index (κ1) is 9.00. The van der Waals surface area contributed by atoms with Crippen molar-refractivity contribution in [1.82, 2.24) is 4.98 Å². The molecule has 0 aliphatic carbocycles. The summed E-state index contributed by atoms with van der Waals surface area (Å²) in [7, 11) is 0. The maximum atomic E-state index is 11.1. The summed E-state index contributed by atoms with van der Waals surface area (Å²) in [6.45, 7) is 1.54. The third-order valence-electron chi connectivity index (χ3n) is 1.57. The number of H-pyrrole nitrogens is 1. The van der Waals surface area contributed by atoms with Crippen LogP contribution in [0.5, 0.6) is 0 Å². The minimum Gasteiger partial charge on any atom is -0.411 e. The second-order valence-corrected chi connectivity index (χ2v) is 2.41. The van der Waals surface area contributed by atoms with Gasteiger partial charge >= 0.3 is 0 Å². The van der Waals surface area contributed by atoms with E-state index < -0.39 is 5.56 Å². The van der Waals surface area contributed by atoms with Gasteiger partial charge in [-0.3, -0.25) is 4.79 Å². The fourth-order valence-corrected chi connectivity index (χ4v) is 0.827. The summed E-state index contributed by atoms with van der Waals surface area (Å²) in [6.07, 6.45) is 0. The Hall–Kier alpha value is -2.09. The Balaban J connectivity index is 3.28. The lowest BCUT2D eigenvalue weighted by atomic mass is 10.2. The van der Waals surface area contributed by atoms with Crippen LogP contribution in [0.15, 0.2) is 22.1 Å². The van der Waals surface area contributed by atoms with Crippen LogP contribution in [0.1, 0.15) is 18.2 Å². The molecule has 0 saturated heterocycles. The van der Waals surface area contributed by atoms with Crippen molar-refractivity contribution in [2.24, 2.45) is 5.16 Å². The van der Waals surface area contributed by atoms with Crippen LogP contribution in [0.25, 0.3) is 0 Å². The molecule has 0 spiro atoms. The third kappa shape index (κ3) is 1.73. The number of nitriles is 1. The molecule has 1 aromatic rings. The highest BCUT2D eigenvalue weighted by molar-refractivity contribution is 5.96. The number of pyridine rings is 1. The number of hydrogen-bond donors (Lipinski definition) is 2. The average Bonchev–Trinajstić information content (AvgIpc) is 2.16. The van der Waals surface area contributed by atoms with Gasteiger partial charge in [0, 0.05) is 0 Å². The molecule has 1 heterocycles. The van der Waals surface area contributed by atoms with Crippen LogP contribution >= 0.6 is 0 Å². The van der Waals surface area contributed by atoms with Gasteiger partial charge in [0.05, 0.1) is 11.4 Å². The molecule has 0 atom stereocenters. The molecule has 66 valence electrons. The van der Waals surface area contributed by atoms with Gasteiger partial charge in [0.2, 0.25) is 0 Å². The van der Waals surface area contributed by atoms with Crippen LogP contribution < -0.4 is 5.56 Å². The first-order chi connectivity index (χ1) is 6.19. The largest absolute Gasteiger partial charge is 0.411 e. The molecule has 0 fully saturated rings. The van der Waals surface area contributed by atoms with Gasteiger partial charge in [-0.05, 0) is 19.1 Å². The van der Waals surface area contributed by atoms with E-state index in [1.54, 1.807) is 6.07 Å². The summed E-state index contributed by atoms with van der Waals surface area (Å²) >= 11 is 0. The zero-order chi connectivity index (χ0) is 9.84. The van der Waals surface area contributed by atoms with Crippen molar-refractivity contribution in [3.63, 3.8) is 0 Å². The Morgan fingerprint density at radius 3 is 2.85 bits per heavy atom. The molecule has 0 amide bonds. The highest BCUT2D eigenvalue weighted by Gasteiger charge is 2.01. The molecular weight excluding hydrogens is 170 g/mol. The summed E-state index contributed by atoms with van der Waals surface area (Å²) in [5.41, 5.74) is 0.241. The van der Waals surface area contributed by atoms with Crippen LogP contribution in [-0.2, 0) is 0 Å². The van der Waals surface area contributed by atoms with Gasteiger partial charge in [0.15, 0.2) is 0 Å². The van der Waals surface area contributed by atoms with E-state index in [4.69, 9.17) is 10.5 Å². The molecule has 5 heteroatoms. The fraction of sp³-hybridized carbons (Fsp3) is 0.125. The second kappa shape index (κ2) is 3.54. The maximum Gasteiger partial charge on any atom is 0.266 e. The average molecular weight is 177 g/mol. The Morgan fingerprint density at radius 2 is 2.38 bits per heavy atom. The topological polar surface area (TPSA) is 89.2 Å². The van der Waals surface area contributed by atoms with Crippen LogP contribution in [-0.4, -0.2) is 15.9 Å². The standard InChI is InChI=1S/C8H7N3O2/c1-5(11-13)7-3-2-6(4-9)8(12)10-7/h2-3,13H,1H3,(H,10,12)/b11-5-. The van der Waals surface area contributed by atoms with Gasteiger partial charge in [-0.25, -0.2) is 0 Å². The summed E-state index contributed by atoms with van der Waals surface area (Å²) < 4.78 is 0. The number of rotatable bonds is 1. The van der Waals surface area contributed by atoms with Gasteiger partial charge < -0.3 is 10.2 Å². The highest BCUT2D eigenvalue weighted by atomic mass is 16.4. The van der Waals surface area contributed by atoms with Gasteiger partial charge in [-0.15, -0.1) is 0 Å². The van der Waals surface area contributed by atoms with E-state index in [0.29, 0.717) is 11.4 Å². The Bertz CT molecular complexity index is 439. The molecule has 0 saturated carbocycles. The molecule has 0 radical (unpaired) electrons. The van der Waals surface area contributed by atoms with Gasteiger partial charge in [0.1, 0.15) is 11.6 Å². The molecule has 0 aliphatic heterocycles. The summed E-state index contributed by atoms with van der Waals surface area (Å²) in [5, 5.41) is 19.8. The molecule has 0 aromatic carbocycles. The monoisotopic (exact) mass is 177 g/mol. The van der Waals surface area contributed by atoms with Crippen molar-refractivity contribution >= 4 is 5.71 Å². The van der Waals surface area contributed by atoms with E-state index in [2.05, 4.69) is 10.1 Å². The first-order valence-electron chi connectivity index (χ1n) is 3.51. The third-order valence-corrected chi connectivity index (χ3v) is 1.57. The lowest BCUT2D eigenvalue weighted by Crippen LogP contribution is -2.14. The van der Waals surface area contributed by atoms with Crippen molar-refractivity contribution in [1.29, 1.82) is 5.26 Å². The highest BCUT2D eigenvalue weighted by Crippen LogP contribution is 1.95. The van der Waals surface area contributed by atoms with Crippen molar-refractivity contribution < 1.29 is 5.21 Å². The van der Waals surface area contributed by atoms with Crippen molar-refractivity contribution in [2.75, 3.05) is 0 Å². The molecule has 0 unspecified atom stereocenters. The second-order valence-electron chi connectivity index (χ2n) is 2.41. The lowest BCUT2D eigenvalue weighted by Gasteiger charge is -1.96. The summed E-state index contributed by atoms with van der Waals surface area (Å²) in [4.78, 5) is 13.5. The van der Waals surface area contributed by atoms with Crippen LogP contribution in [0.3, 0.4) is 0 Å². The maximum absolute atomic E-state index is 11.1. The number of aromatic nitrogens is 1. The number of oxime groups is 1. The predicted octanol–water partition coefficient (Wildman–Crippen LogP) is 0.445. The van der Waals surface area contributed by atoms with Crippen molar-refractivity contribution in [2.45, 2.75) is 6.92 Å². The Morgan fingerprint density at radius 1 is 1.69 bits per heavy atom. The summed E-state index contributed by atoms with van der Waals surface area (Å²) in [5.74, 6) is 0. The van der Waals surface area contributed by atoms with Gasteiger partial charge in [-0.2, -0.15) is 5.26 Å². The van der Waals surface area contributed by atoms with E-state index in [1.807, 2.05) is 0 Å². The molecule has 0 aliphatic rings. The number of nitrogens with zero attached hydrogens (tertiary/aromatic N) is 2. The zero-order valence-electron chi connectivity index (χ0n) is 6.90. The van der Waals surface area contributed by atoms with Crippen molar-refractivity contribution in [3.05, 3.63) is 33.7 Å². The molecule has 2 N–H and O–H groups in total. The first-order valence-corrected chi connectivity index (χ1v) is 3.51. The van der Waals surface area contributed by atoms with Crippen LogP contribution in [0.4, 0.5) is 0 Å². The van der Waals surface area contributed by atoms with Gasteiger partial charge in [-0.1, -0.05) is 5.16 Å². The van der Waals surface area contributed by atoms with E-state index in [0.717, 1.165) is 0 Å². The van der Waals surface area contributed by atoms with Crippen LogP contribution in [0, 0.1) is 11.3 Å². The molecular formula is C8H7N3O2. The predicted molar refractivity (Wildman–Crippen MR) is 45.8 cm³/mol. The van der Waals surface area contributed by atoms with E-state index in [9.17, 15) is 4.79 Å². The van der Waals surface area contributed by atoms with Crippen molar-refractivity contribution in [3.8, 4) is 6.07 Å². The number of hydrogen-bond acceptors (Lipinski definition) is 4. The Labute approximate surface area is 73.9 Å². The number of nitrogens with one attached hydrogen (secondary N) is 1. The van der Waals surface area contributed by atoms with E-state index >= 15 is 0 Å². The smallest absolute Gasteiger partial charge is 0.266 e. The SMILES string of the molecule is C/C(=N/O)c1ccc(C#N)c(=O)[nH]1. The molecule has 13 heavy (non-hydrogen) atoms. The molecule has 0 bridgehead atoms. The van der Waals surface area contributed by atoms with E-state index in [-0.39, 0.29) is 5.56 Å². The van der Waals surface area contributed by atoms with E-state index in [1.165, 1.54) is 19.1 Å². The Kier molecular flexibility index (Phi) is 2.45.